The maximum atomic E-state index is 10.9. The van der Waals surface area contributed by atoms with E-state index in [-0.39, 0.29) is 5.69 Å². The number of non-ortho nitro benzene ring substituents is 1. The van der Waals surface area contributed by atoms with E-state index in [4.69, 9.17) is 10.5 Å². The minimum absolute atomic E-state index is 0.0541. The molecule has 8 heteroatoms. The number of anilines is 1. The number of ether oxygens (including phenoxy) is 1. The van der Waals surface area contributed by atoms with Gasteiger partial charge in [-0.3, -0.25) is 10.1 Å². The highest BCUT2D eigenvalue weighted by Crippen LogP contribution is 2.35. The molecule has 3 rings (SSSR count). The van der Waals surface area contributed by atoms with Crippen LogP contribution in [0.15, 0.2) is 40.7 Å². The lowest BCUT2D eigenvalue weighted by atomic mass is 10.2. The first kappa shape index (κ1) is 15.6. The highest BCUT2D eigenvalue weighted by atomic mass is 32.2. The third-order valence-corrected chi connectivity index (χ3v) is 5.43. The molecule has 0 amide bonds. The third-order valence-electron chi connectivity index (χ3n) is 3.22. The van der Waals surface area contributed by atoms with Gasteiger partial charge in [0, 0.05) is 29.1 Å². The quantitative estimate of drug-likeness (QED) is 0.323. The lowest BCUT2D eigenvalue weighted by molar-refractivity contribution is -0.384. The van der Waals surface area contributed by atoms with Gasteiger partial charge in [0.15, 0.2) is 4.34 Å². The summed E-state index contributed by atoms with van der Waals surface area (Å²) in [6.45, 7) is 0. The Bertz CT molecular complexity index is 880. The fourth-order valence-electron chi connectivity index (χ4n) is 2.11. The number of benzene rings is 2. The Kier molecular flexibility index (Phi) is 4.35. The van der Waals surface area contributed by atoms with Crippen LogP contribution in [0.3, 0.4) is 0 Å². The van der Waals surface area contributed by atoms with Crippen LogP contribution in [0.2, 0.25) is 0 Å². The van der Waals surface area contributed by atoms with Gasteiger partial charge in [-0.25, -0.2) is 4.98 Å². The Morgan fingerprint density at radius 2 is 2.17 bits per heavy atom. The predicted octanol–water partition coefficient (Wildman–Crippen LogP) is 4.09. The Morgan fingerprint density at radius 3 is 2.91 bits per heavy atom. The maximum absolute atomic E-state index is 10.9. The molecule has 23 heavy (non-hydrogen) atoms. The van der Waals surface area contributed by atoms with Gasteiger partial charge in [0.05, 0.1) is 22.2 Å². The molecule has 0 saturated carbocycles. The number of rotatable bonds is 5. The average molecular weight is 347 g/mol. The van der Waals surface area contributed by atoms with Gasteiger partial charge in [0.25, 0.3) is 5.69 Å². The minimum atomic E-state index is -0.409. The standard InChI is InChI=1S/C15H13N3O3S2/c1-21-13-5-3-11(18(19)20)6-9(13)8-22-15-17-12-4-2-10(16)7-14(12)23-15/h2-7H,8,16H2,1H3. The molecule has 0 saturated heterocycles. The lowest BCUT2D eigenvalue weighted by Crippen LogP contribution is -1.94. The number of aromatic nitrogens is 1. The van der Waals surface area contributed by atoms with Crippen LogP contribution >= 0.6 is 23.1 Å². The molecule has 0 aliphatic heterocycles. The van der Waals surface area contributed by atoms with Crippen molar-refractivity contribution in [2.45, 2.75) is 10.1 Å². The van der Waals surface area contributed by atoms with Gasteiger partial charge >= 0.3 is 0 Å². The smallest absolute Gasteiger partial charge is 0.270 e. The monoisotopic (exact) mass is 347 g/mol. The molecule has 0 radical (unpaired) electrons. The maximum Gasteiger partial charge on any atom is 0.270 e. The lowest BCUT2D eigenvalue weighted by Gasteiger charge is -2.06. The van der Waals surface area contributed by atoms with Crippen molar-refractivity contribution in [3.05, 3.63) is 52.1 Å². The van der Waals surface area contributed by atoms with Gasteiger partial charge in [-0.2, -0.15) is 0 Å². The number of thiazole rings is 1. The molecule has 118 valence electrons. The molecule has 2 N–H and O–H groups in total. The van der Waals surface area contributed by atoms with Crippen molar-refractivity contribution >= 4 is 44.7 Å². The normalized spacial score (nSPS) is 10.8. The van der Waals surface area contributed by atoms with Crippen LogP contribution < -0.4 is 10.5 Å². The summed E-state index contributed by atoms with van der Waals surface area (Å²) in [5.41, 5.74) is 8.20. The highest BCUT2D eigenvalue weighted by molar-refractivity contribution is 8.00. The van der Waals surface area contributed by atoms with Crippen molar-refractivity contribution in [1.82, 2.24) is 4.98 Å². The molecule has 0 spiro atoms. The van der Waals surface area contributed by atoms with E-state index in [0.29, 0.717) is 17.2 Å². The van der Waals surface area contributed by atoms with Crippen LogP contribution in [0, 0.1) is 10.1 Å². The second kappa shape index (κ2) is 6.43. The van der Waals surface area contributed by atoms with Crippen molar-refractivity contribution in [2.75, 3.05) is 12.8 Å². The summed E-state index contributed by atoms with van der Waals surface area (Å²) in [5.74, 6) is 1.17. The molecule has 3 aromatic rings. The first-order valence-corrected chi connectivity index (χ1v) is 8.47. The molecule has 1 heterocycles. The molecular formula is C15H13N3O3S2. The Morgan fingerprint density at radius 1 is 1.35 bits per heavy atom. The van der Waals surface area contributed by atoms with Crippen LogP contribution in [0.4, 0.5) is 11.4 Å². The largest absolute Gasteiger partial charge is 0.496 e. The van der Waals surface area contributed by atoms with Crippen LogP contribution in [-0.4, -0.2) is 17.0 Å². The van der Waals surface area contributed by atoms with E-state index in [1.807, 2.05) is 18.2 Å². The molecule has 2 aromatic carbocycles. The van der Waals surface area contributed by atoms with Crippen molar-refractivity contribution in [2.24, 2.45) is 0 Å². The highest BCUT2D eigenvalue weighted by Gasteiger charge is 2.13. The summed E-state index contributed by atoms with van der Waals surface area (Å²) >= 11 is 3.07. The van der Waals surface area contributed by atoms with Crippen LogP contribution in [-0.2, 0) is 5.75 Å². The second-order valence-electron chi connectivity index (χ2n) is 4.75. The van der Waals surface area contributed by atoms with Crippen molar-refractivity contribution in [1.29, 1.82) is 0 Å². The van der Waals surface area contributed by atoms with E-state index in [1.165, 1.54) is 23.9 Å². The molecule has 6 nitrogen and oxygen atoms in total. The van der Waals surface area contributed by atoms with Gasteiger partial charge in [0.2, 0.25) is 0 Å². The summed E-state index contributed by atoms with van der Waals surface area (Å²) in [4.78, 5) is 15.0. The topological polar surface area (TPSA) is 91.3 Å². The minimum Gasteiger partial charge on any atom is -0.496 e. The first-order valence-electron chi connectivity index (χ1n) is 6.67. The fraction of sp³-hybridized carbons (Fsp3) is 0.133. The molecule has 1 aromatic heterocycles. The molecule has 0 bridgehead atoms. The number of thioether (sulfide) groups is 1. The zero-order chi connectivity index (χ0) is 16.4. The molecule has 0 aliphatic rings. The predicted molar refractivity (Wildman–Crippen MR) is 93.2 cm³/mol. The van der Waals surface area contributed by atoms with Crippen LogP contribution in [0.25, 0.3) is 10.2 Å². The van der Waals surface area contributed by atoms with E-state index >= 15 is 0 Å². The Balaban J connectivity index is 1.83. The summed E-state index contributed by atoms with van der Waals surface area (Å²) in [6, 6.07) is 10.2. The zero-order valence-corrected chi connectivity index (χ0v) is 13.8. The number of hydrogen-bond donors (Lipinski definition) is 1. The molecule has 0 atom stereocenters. The van der Waals surface area contributed by atoms with Crippen molar-refractivity contribution in [3.8, 4) is 5.75 Å². The van der Waals surface area contributed by atoms with Crippen molar-refractivity contribution in [3.63, 3.8) is 0 Å². The Labute approximate surface area is 140 Å². The zero-order valence-electron chi connectivity index (χ0n) is 12.2. The number of nitro benzene ring substituents is 1. The first-order chi connectivity index (χ1) is 11.1. The number of nitro groups is 1. The molecule has 0 unspecified atom stereocenters. The summed E-state index contributed by atoms with van der Waals surface area (Å²) in [5, 5.41) is 10.9. The van der Waals surface area contributed by atoms with Crippen LogP contribution in [0.1, 0.15) is 5.56 Å². The van der Waals surface area contributed by atoms with E-state index in [2.05, 4.69) is 4.98 Å². The van der Waals surface area contributed by atoms with Gasteiger partial charge in [0.1, 0.15) is 5.75 Å². The SMILES string of the molecule is COc1ccc([N+](=O)[O-])cc1CSc1nc2ccc(N)cc2s1. The van der Waals surface area contributed by atoms with E-state index in [0.717, 1.165) is 20.1 Å². The van der Waals surface area contributed by atoms with E-state index in [1.54, 1.807) is 24.5 Å². The number of fused-ring (bicyclic) bond motifs is 1. The van der Waals surface area contributed by atoms with E-state index < -0.39 is 4.92 Å². The fourth-order valence-corrected chi connectivity index (χ4v) is 4.21. The molecule has 0 aliphatic carbocycles. The summed E-state index contributed by atoms with van der Waals surface area (Å²) in [6.07, 6.45) is 0. The van der Waals surface area contributed by atoms with Crippen LogP contribution in [0.5, 0.6) is 5.75 Å². The van der Waals surface area contributed by atoms with Crippen molar-refractivity contribution < 1.29 is 9.66 Å². The number of hydrogen-bond acceptors (Lipinski definition) is 7. The molecular weight excluding hydrogens is 334 g/mol. The van der Waals surface area contributed by atoms with Gasteiger partial charge in [-0.15, -0.1) is 11.3 Å². The van der Waals surface area contributed by atoms with Gasteiger partial charge in [-0.05, 0) is 24.3 Å². The summed E-state index contributed by atoms with van der Waals surface area (Å²) in [7, 11) is 1.55. The number of nitrogens with zero attached hydrogens (tertiary/aromatic N) is 2. The average Bonchev–Trinajstić information content (AvgIpc) is 2.94. The number of methoxy groups -OCH3 is 1. The summed E-state index contributed by atoms with van der Waals surface area (Å²) < 4.78 is 7.19. The molecule has 0 fully saturated rings. The van der Waals surface area contributed by atoms with Gasteiger partial charge < -0.3 is 10.5 Å². The van der Waals surface area contributed by atoms with Gasteiger partial charge in [-0.1, -0.05) is 11.8 Å². The second-order valence-corrected chi connectivity index (χ2v) is 7.00. The Hall–Kier alpha value is -2.32. The number of nitrogens with two attached hydrogens (primary N) is 1. The van der Waals surface area contributed by atoms with E-state index in [9.17, 15) is 10.1 Å². The number of nitrogen functional groups attached to an aromatic ring is 1. The third kappa shape index (κ3) is 3.38.